The SMILES string of the molecule is COCC(O)CNCC(O)c1ccc(OC)cc1. The molecule has 2 atom stereocenters. The number of ether oxygens (including phenoxy) is 2. The van der Waals surface area contributed by atoms with E-state index in [2.05, 4.69) is 5.32 Å². The molecule has 102 valence electrons. The molecule has 0 saturated heterocycles. The number of benzene rings is 1. The van der Waals surface area contributed by atoms with Gasteiger partial charge in [0, 0.05) is 20.2 Å². The Morgan fingerprint density at radius 3 is 2.33 bits per heavy atom. The third kappa shape index (κ3) is 5.01. The minimum Gasteiger partial charge on any atom is -0.497 e. The summed E-state index contributed by atoms with van der Waals surface area (Å²) in [6.45, 7) is 1.06. The summed E-state index contributed by atoms with van der Waals surface area (Å²) >= 11 is 0. The van der Waals surface area contributed by atoms with Crippen LogP contribution < -0.4 is 10.1 Å². The lowest BCUT2D eigenvalue weighted by atomic mass is 10.1. The zero-order chi connectivity index (χ0) is 13.4. The first-order chi connectivity index (χ1) is 8.67. The van der Waals surface area contributed by atoms with Crippen molar-refractivity contribution in [1.29, 1.82) is 0 Å². The molecule has 0 aliphatic heterocycles. The van der Waals surface area contributed by atoms with Gasteiger partial charge in [0.05, 0.1) is 25.9 Å². The average molecular weight is 255 g/mol. The van der Waals surface area contributed by atoms with Gasteiger partial charge >= 0.3 is 0 Å². The Bertz CT molecular complexity index is 328. The quantitative estimate of drug-likeness (QED) is 0.624. The van der Waals surface area contributed by atoms with E-state index in [4.69, 9.17) is 9.47 Å². The first-order valence-corrected chi connectivity index (χ1v) is 5.87. The highest BCUT2D eigenvalue weighted by molar-refractivity contribution is 5.28. The van der Waals surface area contributed by atoms with Gasteiger partial charge in [-0.25, -0.2) is 0 Å². The fraction of sp³-hybridized carbons (Fsp3) is 0.538. The van der Waals surface area contributed by atoms with Gasteiger partial charge in [-0.1, -0.05) is 12.1 Å². The molecular formula is C13H21NO4. The predicted octanol–water partition coefficient (Wildman–Crippen LogP) is 0.325. The maximum Gasteiger partial charge on any atom is 0.118 e. The van der Waals surface area contributed by atoms with Crippen LogP contribution >= 0.6 is 0 Å². The zero-order valence-corrected chi connectivity index (χ0v) is 10.8. The Kier molecular flexibility index (Phi) is 6.67. The van der Waals surface area contributed by atoms with Crippen molar-refractivity contribution in [3.05, 3.63) is 29.8 Å². The van der Waals surface area contributed by atoms with Crippen molar-refractivity contribution in [2.45, 2.75) is 12.2 Å². The Morgan fingerprint density at radius 1 is 1.11 bits per heavy atom. The number of aliphatic hydroxyl groups excluding tert-OH is 2. The van der Waals surface area contributed by atoms with Gasteiger partial charge in [0.15, 0.2) is 0 Å². The van der Waals surface area contributed by atoms with Crippen LogP contribution in [-0.2, 0) is 4.74 Å². The Morgan fingerprint density at radius 2 is 1.78 bits per heavy atom. The van der Waals surface area contributed by atoms with Crippen LogP contribution in [0.2, 0.25) is 0 Å². The van der Waals surface area contributed by atoms with E-state index in [9.17, 15) is 10.2 Å². The standard InChI is InChI=1S/C13H21NO4/c1-17-9-11(15)7-14-8-13(16)10-3-5-12(18-2)6-4-10/h3-6,11,13-16H,7-9H2,1-2H3. The second kappa shape index (κ2) is 8.05. The molecule has 0 saturated carbocycles. The van der Waals surface area contributed by atoms with Gasteiger partial charge in [-0.3, -0.25) is 0 Å². The molecule has 0 aliphatic rings. The van der Waals surface area contributed by atoms with Gasteiger partial charge in [0.25, 0.3) is 0 Å². The van der Waals surface area contributed by atoms with Crippen LogP contribution in [-0.4, -0.2) is 50.2 Å². The van der Waals surface area contributed by atoms with Gasteiger partial charge in [-0.05, 0) is 17.7 Å². The van der Waals surface area contributed by atoms with E-state index in [-0.39, 0.29) is 6.61 Å². The van der Waals surface area contributed by atoms with E-state index in [0.29, 0.717) is 13.1 Å². The smallest absolute Gasteiger partial charge is 0.118 e. The molecule has 5 heteroatoms. The van der Waals surface area contributed by atoms with E-state index < -0.39 is 12.2 Å². The molecule has 0 spiro atoms. The molecule has 1 rings (SSSR count). The molecule has 0 bridgehead atoms. The lowest BCUT2D eigenvalue weighted by Crippen LogP contribution is -2.32. The summed E-state index contributed by atoms with van der Waals surface area (Å²) in [5, 5.41) is 22.3. The van der Waals surface area contributed by atoms with Crippen LogP contribution in [0.5, 0.6) is 5.75 Å². The van der Waals surface area contributed by atoms with Crippen molar-refractivity contribution in [3.8, 4) is 5.75 Å². The van der Waals surface area contributed by atoms with E-state index in [1.54, 1.807) is 19.2 Å². The zero-order valence-electron chi connectivity index (χ0n) is 10.8. The summed E-state index contributed by atoms with van der Waals surface area (Å²) < 4.78 is 9.85. The number of methoxy groups -OCH3 is 2. The van der Waals surface area contributed by atoms with Crippen LogP contribution in [0.15, 0.2) is 24.3 Å². The normalized spacial score (nSPS) is 14.2. The molecule has 0 aliphatic carbocycles. The summed E-state index contributed by atoms with van der Waals surface area (Å²) in [6, 6.07) is 7.24. The minimum atomic E-state index is -0.606. The highest BCUT2D eigenvalue weighted by Gasteiger charge is 2.08. The van der Waals surface area contributed by atoms with Crippen LogP contribution in [0, 0.1) is 0 Å². The van der Waals surface area contributed by atoms with Gasteiger partial charge in [0.1, 0.15) is 5.75 Å². The topological polar surface area (TPSA) is 71.0 Å². The summed E-state index contributed by atoms with van der Waals surface area (Å²) in [7, 11) is 3.14. The van der Waals surface area contributed by atoms with E-state index in [0.717, 1.165) is 11.3 Å². The second-order valence-corrected chi connectivity index (χ2v) is 4.06. The summed E-state index contributed by atoms with van der Waals surface area (Å²) in [5.41, 5.74) is 0.810. The highest BCUT2D eigenvalue weighted by Crippen LogP contribution is 2.16. The van der Waals surface area contributed by atoms with Gasteiger partial charge < -0.3 is 25.0 Å². The third-order valence-corrected chi connectivity index (χ3v) is 2.58. The maximum atomic E-state index is 9.91. The molecule has 0 aromatic heterocycles. The van der Waals surface area contributed by atoms with E-state index in [1.165, 1.54) is 7.11 Å². The van der Waals surface area contributed by atoms with Crippen LogP contribution in [0.25, 0.3) is 0 Å². The van der Waals surface area contributed by atoms with Gasteiger partial charge in [-0.15, -0.1) is 0 Å². The number of rotatable bonds is 8. The van der Waals surface area contributed by atoms with Crippen molar-refractivity contribution in [2.75, 3.05) is 33.9 Å². The largest absolute Gasteiger partial charge is 0.497 e. The predicted molar refractivity (Wildman–Crippen MR) is 68.7 cm³/mol. The fourth-order valence-electron chi connectivity index (χ4n) is 1.58. The van der Waals surface area contributed by atoms with Gasteiger partial charge in [-0.2, -0.15) is 0 Å². The molecule has 3 N–H and O–H groups in total. The van der Waals surface area contributed by atoms with E-state index in [1.807, 2.05) is 12.1 Å². The summed E-state index contributed by atoms with van der Waals surface area (Å²) in [6.07, 6.45) is -1.16. The molecular weight excluding hydrogens is 234 g/mol. The number of nitrogens with one attached hydrogen (secondary N) is 1. The van der Waals surface area contributed by atoms with Crippen molar-refractivity contribution in [2.24, 2.45) is 0 Å². The van der Waals surface area contributed by atoms with Crippen LogP contribution in [0.4, 0.5) is 0 Å². The first kappa shape index (κ1) is 14.9. The molecule has 1 aromatic rings. The van der Waals surface area contributed by atoms with Crippen molar-refractivity contribution in [1.82, 2.24) is 5.32 Å². The average Bonchev–Trinajstić information content (AvgIpc) is 2.39. The monoisotopic (exact) mass is 255 g/mol. The van der Waals surface area contributed by atoms with E-state index >= 15 is 0 Å². The number of hydrogen-bond donors (Lipinski definition) is 3. The van der Waals surface area contributed by atoms with Gasteiger partial charge in [0.2, 0.25) is 0 Å². The number of aliphatic hydroxyl groups is 2. The molecule has 2 unspecified atom stereocenters. The molecule has 0 fully saturated rings. The fourth-order valence-corrected chi connectivity index (χ4v) is 1.58. The van der Waals surface area contributed by atoms with Crippen molar-refractivity contribution in [3.63, 3.8) is 0 Å². The lowest BCUT2D eigenvalue weighted by Gasteiger charge is -2.15. The molecule has 0 amide bonds. The molecule has 18 heavy (non-hydrogen) atoms. The van der Waals surface area contributed by atoms with Crippen molar-refractivity contribution < 1.29 is 19.7 Å². The maximum absolute atomic E-state index is 9.91. The molecule has 5 nitrogen and oxygen atoms in total. The highest BCUT2D eigenvalue weighted by atomic mass is 16.5. The molecule has 0 heterocycles. The molecule has 1 aromatic carbocycles. The minimum absolute atomic E-state index is 0.283. The first-order valence-electron chi connectivity index (χ1n) is 5.87. The Balaban J connectivity index is 2.33. The molecule has 0 radical (unpaired) electrons. The van der Waals surface area contributed by atoms with Crippen LogP contribution in [0.3, 0.4) is 0 Å². The van der Waals surface area contributed by atoms with Crippen molar-refractivity contribution >= 4 is 0 Å². The summed E-state index contributed by atoms with van der Waals surface area (Å²) in [5.74, 6) is 0.759. The third-order valence-electron chi connectivity index (χ3n) is 2.58. The van der Waals surface area contributed by atoms with Crippen LogP contribution in [0.1, 0.15) is 11.7 Å². The number of hydrogen-bond acceptors (Lipinski definition) is 5. The lowest BCUT2D eigenvalue weighted by molar-refractivity contribution is 0.0616. The Hall–Kier alpha value is -1.14. The Labute approximate surface area is 107 Å². The second-order valence-electron chi connectivity index (χ2n) is 4.06. The summed E-state index contributed by atoms with van der Waals surface area (Å²) in [4.78, 5) is 0.